The Morgan fingerprint density at radius 1 is 1.15 bits per heavy atom. The van der Waals surface area contributed by atoms with E-state index in [1.54, 1.807) is 12.1 Å². The molecule has 0 aliphatic carbocycles. The number of aryl methyl sites for hydroxylation is 1. The van der Waals surface area contributed by atoms with Crippen LogP contribution in [0.2, 0.25) is 0 Å². The number of aromatic hydroxyl groups is 1. The first-order valence-corrected chi connectivity index (χ1v) is 8.27. The molecule has 0 heterocycles. The molecule has 2 N–H and O–H groups in total. The number of rotatable bonds is 7. The quantitative estimate of drug-likeness (QED) is 0.745. The summed E-state index contributed by atoms with van der Waals surface area (Å²) in [5.41, 5.74) is 2.59. The molecule has 0 saturated carbocycles. The molecule has 0 bridgehead atoms. The van der Waals surface area contributed by atoms with E-state index in [4.69, 9.17) is 9.47 Å². The zero-order valence-corrected chi connectivity index (χ0v) is 15.1. The van der Waals surface area contributed by atoms with Gasteiger partial charge in [-0.1, -0.05) is 24.3 Å². The lowest BCUT2D eigenvalue weighted by molar-refractivity contribution is -0.145. The van der Waals surface area contributed by atoms with Crippen molar-refractivity contribution in [2.45, 2.75) is 26.3 Å². The molecule has 6 heteroatoms. The zero-order chi connectivity index (χ0) is 19.1. The predicted molar refractivity (Wildman–Crippen MR) is 97.0 cm³/mol. The highest BCUT2D eigenvalue weighted by atomic mass is 16.5. The van der Waals surface area contributed by atoms with Crippen LogP contribution in [0, 0.1) is 13.8 Å². The fraction of sp³-hybridized carbons (Fsp3) is 0.300. The number of amides is 1. The smallest absolute Gasteiger partial charge is 0.333 e. The summed E-state index contributed by atoms with van der Waals surface area (Å²) in [6, 6.07) is 10.9. The predicted octanol–water partition coefficient (Wildman–Crippen LogP) is 2.81. The Labute approximate surface area is 152 Å². The summed E-state index contributed by atoms with van der Waals surface area (Å²) < 4.78 is 10.4. The molecule has 2 aromatic carbocycles. The lowest BCUT2D eigenvalue weighted by Gasteiger charge is -2.17. The van der Waals surface area contributed by atoms with Crippen molar-refractivity contribution in [2.75, 3.05) is 13.7 Å². The molecule has 0 aliphatic heterocycles. The molecule has 6 nitrogen and oxygen atoms in total. The number of carbonyl (C=O) groups excluding carboxylic acids is 2. The molecular weight excluding hydrogens is 334 g/mol. The molecule has 0 unspecified atom stereocenters. The van der Waals surface area contributed by atoms with Crippen LogP contribution in [-0.4, -0.2) is 30.7 Å². The monoisotopic (exact) mass is 357 g/mol. The number of hydrogen-bond acceptors (Lipinski definition) is 5. The molecule has 26 heavy (non-hydrogen) atoms. The summed E-state index contributed by atoms with van der Waals surface area (Å²) in [7, 11) is 1.24. The first-order valence-electron chi connectivity index (χ1n) is 8.27. The number of hydrogen-bond donors (Lipinski definition) is 2. The van der Waals surface area contributed by atoms with Crippen molar-refractivity contribution in [1.82, 2.24) is 5.32 Å². The SMILES string of the molecule is COC(=O)[C@H](NC(=O)CCOc1cccc(C)c1C)c1cccc(O)c1. The van der Waals surface area contributed by atoms with Gasteiger partial charge in [0.2, 0.25) is 5.91 Å². The summed E-state index contributed by atoms with van der Waals surface area (Å²) >= 11 is 0. The second kappa shape index (κ2) is 8.89. The number of benzene rings is 2. The standard InChI is InChI=1S/C20H23NO5/c1-13-6-4-9-17(14(13)2)26-11-10-18(23)21-19(20(24)25-3)15-7-5-8-16(22)12-15/h4-9,12,19,22H,10-11H2,1-3H3,(H,21,23)/t19-/m1/s1. The third-order valence-corrected chi connectivity index (χ3v) is 4.09. The van der Waals surface area contributed by atoms with Crippen LogP contribution in [0.4, 0.5) is 0 Å². The Morgan fingerprint density at radius 3 is 2.58 bits per heavy atom. The van der Waals surface area contributed by atoms with Crippen molar-refractivity contribution in [2.24, 2.45) is 0 Å². The largest absolute Gasteiger partial charge is 0.508 e. The van der Waals surface area contributed by atoms with Crippen molar-refractivity contribution >= 4 is 11.9 Å². The van der Waals surface area contributed by atoms with Crippen LogP contribution in [0.1, 0.15) is 29.2 Å². The van der Waals surface area contributed by atoms with Gasteiger partial charge in [-0.3, -0.25) is 4.79 Å². The molecule has 0 saturated heterocycles. The Kier molecular flexibility index (Phi) is 6.60. The maximum atomic E-state index is 12.2. The van der Waals surface area contributed by atoms with Crippen molar-refractivity contribution in [3.63, 3.8) is 0 Å². The topological polar surface area (TPSA) is 84.9 Å². The average molecular weight is 357 g/mol. The van der Waals surface area contributed by atoms with Gasteiger partial charge in [0.1, 0.15) is 11.5 Å². The van der Waals surface area contributed by atoms with Crippen molar-refractivity contribution in [3.8, 4) is 11.5 Å². The van der Waals surface area contributed by atoms with Gasteiger partial charge in [0, 0.05) is 0 Å². The van der Waals surface area contributed by atoms with Gasteiger partial charge in [-0.25, -0.2) is 4.79 Å². The fourth-order valence-electron chi connectivity index (χ4n) is 2.47. The van der Waals surface area contributed by atoms with E-state index in [-0.39, 0.29) is 24.7 Å². The number of ether oxygens (including phenoxy) is 2. The molecular formula is C20H23NO5. The minimum absolute atomic E-state index is 0.00362. The summed E-state index contributed by atoms with van der Waals surface area (Å²) in [4.78, 5) is 24.2. The van der Waals surface area contributed by atoms with Gasteiger partial charge in [0.25, 0.3) is 0 Å². The number of nitrogens with one attached hydrogen (secondary N) is 1. The Balaban J connectivity index is 1.97. The van der Waals surface area contributed by atoms with Gasteiger partial charge in [0.15, 0.2) is 6.04 Å². The van der Waals surface area contributed by atoms with Gasteiger partial charge >= 0.3 is 5.97 Å². The molecule has 0 aromatic heterocycles. The van der Waals surface area contributed by atoms with Gasteiger partial charge in [-0.2, -0.15) is 0 Å². The Hall–Kier alpha value is -3.02. The molecule has 1 atom stereocenters. The highest BCUT2D eigenvalue weighted by molar-refractivity contribution is 5.85. The molecule has 0 spiro atoms. The maximum absolute atomic E-state index is 12.2. The van der Waals surface area contributed by atoms with E-state index < -0.39 is 12.0 Å². The van der Waals surface area contributed by atoms with Gasteiger partial charge in [0.05, 0.1) is 20.1 Å². The minimum Gasteiger partial charge on any atom is -0.508 e. The van der Waals surface area contributed by atoms with Crippen molar-refractivity contribution in [3.05, 3.63) is 59.2 Å². The lowest BCUT2D eigenvalue weighted by Crippen LogP contribution is -2.35. The van der Waals surface area contributed by atoms with Crippen LogP contribution in [0.3, 0.4) is 0 Å². The van der Waals surface area contributed by atoms with Crippen molar-refractivity contribution in [1.29, 1.82) is 0 Å². The van der Waals surface area contributed by atoms with E-state index in [2.05, 4.69) is 5.32 Å². The van der Waals surface area contributed by atoms with E-state index in [1.165, 1.54) is 19.2 Å². The van der Waals surface area contributed by atoms with E-state index >= 15 is 0 Å². The van der Waals surface area contributed by atoms with E-state index in [1.807, 2.05) is 32.0 Å². The maximum Gasteiger partial charge on any atom is 0.333 e. The van der Waals surface area contributed by atoms with Gasteiger partial charge in [-0.05, 0) is 48.7 Å². The number of methoxy groups -OCH3 is 1. The van der Waals surface area contributed by atoms with Crippen molar-refractivity contribution < 1.29 is 24.2 Å². The van der Waals surface area contributed by atoms with Crippen LogP contribution >= 0.6 is 0 Å². The minimum atomic E-state index is -0.986. The molecule has 1 amide bonds. The summed E-state index contributed by atoms with van der Waals surface area (Å²) in [6.07, 6.45) is 0.0830. The molecule has 138 valence electrons. The number of phenolic OH excluding ortho intramolecular Hbond substituents is 1. The highest BCUT2D eigenvalue weighted by Crippen LogP contribution is 2.21. The summed E-state index contributed by atoms with van der Waals surface area (Å²) in [6.45, 7) is 4.13. The first kappa shape index (κ1) is 19.3. The fourth-order valence-corrected chi connectivity index (χ4v) is 2.47. The molecule has 0 fully saturated rings. The number of esters is 1. The molecule has 0 aliphatic rings. The molecule has 2 rings (SSSR count). The van der Waals surface area contributed by atoms with Gasteiger partial charge < -0.3 is 19.9 Å². The van der Waals surface area contributed by atoms with Gasteiger partial charge in [-0.15, -0.1) is 0 Å². The van der Waals surface area contributed by atoms with Crippen LogP contribution in [0.15, 0.2) is 42.5 Å². The zero-order valence-electron chi connectivity index (χ0n) is 15.1. The van der Waals surface area contributed by atoms with E-state index in [0.717, 1.165) is 16.9 Å². The Morgan fingerprint density at radius 2 is 1.88 bits per heavy atom. The number of carbonyl (C=O) groups is 2. The normalized spacial score (nSPS) is 11.5. The number of phenols is 1. The third-order valence-electron chi connectivity index (χ3n) is 4.09. The molecule has 0 radical (unpaired) electrons. The molecule has 2 aromatic rings. The second-order valence-electron chi connectivity index (χ2n) is 5.92. The first-order chi connectivity index (χ1) is 12.4. The van der Waals surface area contributed by atoms with Crippen LogP contribution in [0.25, 0.3) is 0 Å². The highest BCUT2D eigenvalue weighted by Gasteiger charge is 2.23. The third kappa shape index (κ3) is 4.99. The Bertz CT molecular complexity index is 788. The second-order valence-corrected chi connectivity index (χ2v) is 5.92. The van der Waals surface area contributed by atoms with Crippen LogP contribution in [0.5, 0.6) is 11.5 Å². The lowest BCUT2D eigenvalue weighted by atomic mass is 10.1. The van der Waals surface area contributed by atoms with Crippen LogP contribution in [-0.2, 0) is 14.3 Å². The summed E-state index contributed by atoms with van der Waals surface area (Å²) in [5, 5.41) is 12.2. The van der Waals surface area contributed by atoms with E-state index in [9.17, 15) is 14.7 Å². The van der Waals surface area contributed by atoms with E-state index in [0.29, 0.717) is 5.56 Å². The van der Waals surface area contributed by atoms with Crippen LogP contribution < -0.4 is 10.1 Å². The summed E-state index contributed by atoms with van der Waals surface area (Å²) in [5.74, 6) is -0.229. The average Bonchev–Trinajstić information content (AvgIpc) is 2.62.